The van der Waals surface area contributed by atoms with Crippen molar-refractivity contribution in [3.63, 3.8) is 0 Å². The van der Waals surface area contributed by atoms with Crippen LogP contribution in [0, 0.1) is 0 Å². The molecule has 4 aromatic rings. The molecule has 3 aromatic carbocycles. The molecule has 1 aromatic heterocycles. The van der Waals surface area contributed by atoms with Crippen LogP contribution >= 0.6 is 0 Å². The Bertz CT molecular complexity index is 1540. The van der Waals surface area contributed by atoms with Gasteiger partial charge in [-0.25, -0.2) is 8.42 Å². The summed E-state index contributed by atoms with van der Waals surface area (Å²) < 4.78 is 26.2. The minimum atomic E-state index is -3.71. The lowest BCUT2D eigenvalue weighted by Crippen LogP contribution is -2.09. The molecule has 1 saturated carbocycles. The average Bonchev–Trinajstić information content (AvgIpc) is 3.33. The Morgan fingerprint density at radius 2 is 1.65 bits per heavy atom. The molecule has 0 saturated heterocycles. The Morgan fingerprint density at radius 1 is 0.919 bits per heavy atom. The van der Waals surface area contributed by atoms with Crippen molar-refractivity contribution in [2.75, 3.05) is 0 Å². The molecule has 9 heteroatoms. The standard InChI is InChI=1S/C28H29N3O5S/c32-27(33)13-7-8-19-16-23(20-9-3-1-4-10-20)28(34)26(17-19)31-29-24-15-14-22(18-25(24)30-31)37(35,36)21-11-5-2-6-12-21/h2,5-6,11-12,14-18,20,34H,1,3-4,7-10,13H2,(H,32,33). The van der Waals surface area contributed by atoms with E-state index < -0.39 is 15.8 Å². The molecule has 0 bridgehead atoms. The van der Waals surface area contributed by atoms with Gasteiger partial charge in [0.25, 0.3) is 0 Å². The minimum absolute atomic E-state index is 0.0670. The van der Waals surface area contributed by atoms with Gasteiger partial charge in [-0.3, -0.25) is 4.79 Å². The number of aromatic hydroxyl groups is 1. The Morgan fingerprint density at radius 3 is 2.38 bits per heavy atom. The van der Waals surface area contributed by atoms with Crippen LogP contribution in [0.15, 0.2) is 70.5 Å². The highest BCUT2D eigenvalue weighted by molar-refractivity contribution is 7.91. The molecule has 8 nitrogen and oxygen atoms in total. The summed E-state index contributed by atoms with van der Waals surface area (Å²) in [4.78, 5) is 12.7. The number of carboxylic acids is 1. The summed E-state index contributed by atoms with van der Waals surface area (Å²) in [5.74, 6) is -0.501. The van der Waals surface area contributed by atoms with E-state index in [4.69, 9.17) is 5.11 Å². The van der Waals surface area contributed by atoms with Crippen molar-refractivity contribution in [3.8, 4) is 11.4 Å². The first kappa shape index (κ1) is 25.0. The van der Waals surface area contributed by atoms with Crippen LogP contribution in [-0.4, -0.2) is 39.6 Å². The molecule has 0 unspecified atom stereocenters. The van der Waals surface area contributed by atoms with E-state index in [0.717, 1.165) is 36.8 Å². The van der Waals surface area contributed by atoms with Gasteiger partial charge in [0.15, 0.2) is 0 Å². The number of aromatic nitrogens is 3. The lowest BCUT2D eigenvalue weighted by Gasteiger charge is -2.24. The molecule has 1 aliphatic rings. The molecule has 1 aliphatic carbocycles. The third-order valence-corrected chi connectivity index (χ3v) is 8.78. The van der Waals surface area contributed by atoms with Crippen molar-refractivity contribution in [3.05, 3.63) is 71.8 Å². The molecule has 1 heterocycles. The van der Waals surface area contributed by atoms with E-state index in [1.807, 2.05) is 6.07 Å². The SMILES string of the molecule is O=C(O)CCCc1cc(C2CCCCC2)c(O)c(-n2nc3ccc(S(=O)(=O)c4ccccc4)cc3n2)c1. The first-order chi connectivity index (χ1) is 17.8. The molecule has 0 radical (unpaired) electrons. The highest BCUT2D eigenvalue weighted by atomic mass is 32.2. The largest absolute Gasteiger partial charge is 0.505 e. The van der Waals surface area contributed by atoms with Crippen LogP contribution < -0.4 is 0 Å². The van der Waals surface area contributed by atoms with Gasteiger partial charge in [0.2, 0.25) is 9.84 Å². The lowest BCUT2D eigenvalue weighted by molar-refractivity contribution is -0.137. The number of sulfone groups is 1. The van der Waals surface area contributed by atoms with Crippen molar-refractivity contribution < 1.29 is 23.4 Å². The second-order valence-electron chi connectivity index (χ2n) is 9.59. The van der Waals surface area contributed by atoms with Gasteiger partial charge in [-0.2, -0.15) is 0 Å². The fourth-order valence-electron chi connectivity index (χ4n) is 5.07. The van der Waals surface area contributed by atoms with Gasteiger partial charge >= 0.3 is 5.97 Å². The van der Waals surface area contributed by atoms with Gasteiger partial charge in [0.1, 0.15) is 22.5 Å². The maximum absolute atomic E-state index is 13.1. The first-order valence-corrected chi connectivity index (χ1v) is 14.1. The Hall–Kier alpha value is -3.72. The van der Waals surface area contributed by atoms with Crippen molar-refractivity contribution in [1.29, 1.82) is 0 Å². The molecule has 2 N–H and O–H groups in total. The van der Waals surface area contributed by atoms with E-state index in [2.05, 4.69) is 10.2 Å². The predicted molar refractivity (Wildman–Crippen MR) is 139 cm³/mol. The van der Waals surface area contributed by atoms with Crippen LogP contribution in [-0.2, 0) is 21.1 Å². The highest BCUT2D eigenvalue weighted by Gasteiger charge is 2.24. The monoisotopic (exact) mass is 519 g/mol. The van der Waals surface area contributed by atoms with Gasteiger partial charge in [-0.1, -0.05) is 43.5 Å². The van der Waals surface area contributed by atoms with E-state index >= 15 is 0 Å². The fraction of sp³-hybridized carbons (Fsp3) is 0.321. The molecule has 1 fully saturated rings. The Kier molecular flexibility index (Phi) is 6.97. The number of hydrogen-bond acceptors (Lipinski definition) is 6. The number of carboxylic acid groups (broad SMARTS) is 1. The topological polar surface area (TPSA) is 122 Å². The maximum Gasteiger partial charge on any atom is 0.303 e. The summed E-state index contributed by atoms with van der Waals surface area (Å²) in [6.45, 7) is 0. The van der Waals surface area contributed by atoms with E-state index in [0.29, 0.717) is 29.6 Å². The second-order valence-corrected chi connectivity index (χ2v) is 11.5. The zero-order valence-electron chi connectivity index (χ0n) is 20.4. The highest BCUT2D eigenvalue weighted by Crippen LogP contribution is 2.40. The smallest absolute Gasteiger partial charge is 0.303 e. The summed E-state index contributed by atoms with van der Waals surface area (Å²) >= 11 is 0. The number of rotatable bonds is 8. The van der Waals surface area contributed by atoms with Crippen LogP contribution in [0.3, 0.4) is 0 Å². The predicted octanol–water partition coefficient (Wildman–Crippen LogP) is 5.41. The number of phenols is 1. The zero-order valence-corrected chi connectivity index (χ0v) is 21.2. The number of nitrogens with zero attached hydrogens (tertiary/aromatic N) is 3. The zero-order chi connectivity index (χ0) is 26.0. The summed E-state index contributed by atoms with van der Waals surface area (Å²) in [7, 11) is -3.71. The summed E-state index contributed by atoms with van der Waals surface area (Å²) in [5.41, 5.74) is 3.07. The molecule has 0 spiro atoms. The fourth-order valence-corrected chi connectivity index (χ4v) is 6.37. The normalized spacial score (nSPS) is 14.7. The molecular formula is C28H29N3O5S. The second kappa shape index (κ2) is 10.3. The van der Waals surface area contributed by atoms with Crippen LogP contribution in [0.2, 0.25) is 0 Å². The average molecular weight is 520 g/mol. The Labute approximate surface area is 215 Å². The quantitative estimate of drug-likeness (QED) is 0.319. The number of phenolic OH excluding ortho intramolecular Hbond substituents is 1. The number of benzene rings is 3. The van der Waals surface area contributed by atoms with E-state index in [9.17, 15) is 18.3 Å². The number of hydrogen-bond donors (Lipinski definition) is 2. The van der Waals surface area contributed by atoms with Gasteiger partial charge in [-0.15, -0.1) is 15.0 Å². The molecule has 192 valence electrons. The number of aliphatic carboxylic acids is 1. The molecule has 37 heavy (non-hydrogen) atoms. The molecular weight excluding hydrogens is 490 g/mol. The van der Waals surface area contributed by atoms with Crippen LogP contribution in [0.25, 0.3) is 16.7 Å². The van der Waals surface area contributed by atoms with Gasteiger partial charge in [-0.05, 0) is 79.1 Å². The number of carbonyl (C=O) groups is 1. The first-order valence-electron chi connectivity index (χ1n) is 12.6. The summed E-state index contributed by atoms with van der Waals surface area (Å²) in [6, 6.07) is 16.6. The number of fused-ring (bicyclic) bond motifs is 1. The summed E-state index contributed by atoms with van der Waals surface area (Å²) in [5, 5.41) is 29.4. The van der Waals surface area contributed by atoms with E-state index in [-0.39, 0.29) is 27.9 Å². The third kappa shape index (κ3) is 5.22. The van der Waals surface area contributed by atoms with Crippen molar-refractivity contribution in [2.45, 2.75) is 67.1 Å². The molecule has 0 amide bonds. The van der Waals surface area contributed by atoms with Crippen molar-refractivity contribution in [2.24, 2.45) is 0 Å². The number of aryl methyl sites for hydroxylation is 1. The molecule has 0 atom stereocenters. The van der Waals surface area contributed by atoms with Crippen LogP contribution in [0.5, 0.6) is 5.75 Å². The molecule has 0 aliphatic heterocycles. The van der Waals surface area contributed by atoms with Crippen molar-refractivity contribution >= 4 is 26.8 Å². The minimum Gasteiger partial charge on any atom is -0.505 e. The van der Waals surface area contributed by atoms with Gasteiger partial charge < -0.3 is 10.2 Å². The van der Waals surface area contributed by atoms with E-state index in [1.165, 1.54) is 23.4 Å². The third-order valence-electron chi connectivity index (χ3n) is 7.01. The Balaban J connectivity index is 1.55. The summed E-state index contributed by atoms with van der Waals surface area (Å²) in [6.07, 6.45) is 6.47. The van der Waals surface area contributed by atoms with Crippen LogP contribution in [0.4, 0.5) is 0 Å². The van der Waals surface area contributed by atoms with Crippen LogP contribution in [0.1, 0.15) is 62.0 Å². The lowest BCUT2D eigenvalue weighted by atomic mass is 9.82. The van der Waals surface area contributed by atoms with Gasteiger partial charge in [0, 0.05) is 6.42 Å². The molecule has 5 rings (SSSR count). The van der Waals surface area contributed by atoms with Gasteiger partial charge in [0.05, 0.1) is 9.79 Å². The maximum atomic E-state index is 13.1. The van der Waals surface area contributed by atoms with E-state index in [1.54, 1.807) is 42.5 Å². The van der Waals surface area contributed by atoms with Crippen molar-refractivity contribution in [1.82, 2.24) is 15.0 Å².